The fourth-order valence-corrected chi connectivity index (χ4v) is 5.17. The van der Waals surface area contributed by atoms with Crippen LogP contribution in [0, 0.1) is 22.7 Å². The summed E-state index contributed by atoms with van der Waals surface area (Å²) in [4.78, 5) is 24.3. The summed E-state index contributed by atoms with van der Waals surface area (Å²) in [5.74, 6) is 0.739. The fraction of sp³-hybridized carbons (Fsp3) is 0.857. The van der Waals surface area contributed by atoms with E-state index in [9.17, 15) is 9.59 Å². The second-order valence-corrected chi connectivity index (χ2v) is 6.50. The van der Waals surface area contributed by atoms with Gasteiger partial charge in [-0.05, 0) is 50.4 Å². The van der Waals surface area contributed by atoms with Crippen LogP contribution in [0.5, 0.6) is 0 Å². The largest absolute Gasteiger partial charge is 0.469 e. The third kappa shape index (κ3) is 1.44. The van der Waals surface area contributed by atoms with Crippen LogP contribution in [0.2, 0.25) is 0 Å². The van der Waals surface area contributed by atoms with E-state index in [1.54, 1.807) is 0 Å². The van der Waals surface area contributed by atoms with Gasteiger partial charge in [-0.2, -0.15) is 0 Å². The lowest BCUT2D eigenvalue weighted by atomic mass is 9.44. The maximum Gasteiger partial charge on any atom is 0.311 e. The molecule has 4 nitrogen and oxygen atoms in total. The summed E-state index contributed by atoms with van der Waals surface area (Å²) in [5, 5.41) is 0. The molecule has 0 atom stereocenters. The van der Waals surface area contributed by atoms with Gasteiger partial charge < -0.3 is 9.47 Å². The molecule has 0 unspecified atom stereocenters. The molecule has 0 radical (unpaired) electrons. The van der Waals surface area contributed by atoms with Crippen molar-refractivity contribution in [3.63, 3.8) is 0 Å². The Kier molecular flexibility index (Phi) is 2.48. The van der Waals surface area contributed by atoms with Gasteiger partial charge >= 0.3 is 11.9 Å². The molecule has 0 spiro atoms. The van der Waals surface area contributed by atoms with Crippen LogP contribution in [0.25, 0.3) is 0 Å². The zero-order valence-corrected chi connectivity index (χ0v) is 11.0. The molecule has 0 aliphatic heterocycles. The van der Waals surface area contributed by atoms with Crippen molar-refractivity contribution >= 4 is 11.9 Å². The summed E-state index contributed by atoms with van der Waals surface area (Å²) >= 11 is 0. The first-order chi connectivity index (χ1) is 8.53. The van der Waals surface area contributed by atoms with Crippen LogP contribution in [0.3, 0.4) is 0 Å². The van der Waals surface area contributed by atoms with Crippen LogP contribution in [-0.2, 0) is 19.1 Å². The molecule has 4 saturated carbocycles. The summed E-state index contributed by atoms with van der Waals surface area (Å²) in [6.45, 7) is 0. The number of carbonyl (C=O) groups is 2. The van der Waals surface area contributed by atoms with Crippen molar-refractivity contribution in [1.82, 2.24) is 0 Å². The van der Waals surface area contributed by atoms with E-state index >= 15 is 0 Å². The Hall–Kier alpha value is -1.06. The summed E-state index contributed by atoms with van der Waals surface area (Å²) in [6.07, 6.45) is 5.39. The molecular formula is C14H20O4. The Morgan fingerprint density at radius 3 is 1.61 bits per heavy atom. The second kappa shape index (κ2) is 3.72. The smallest absolute Gasteiger partial charge is 0.311 e. The molecule has 0 aromatic carbocycles. The number of rotatable bonds is 2. The zero-order chi connectivity index (χ0) is 13.0. The van der Waals surface area contributed by atoms with E-state index in [1.807, 2.05) is 0 Å². The van der Waals surface area contributed by atoms with Crippen molar-refractivity contribution in [3.05, 3.63) is 0 Å². The monoisotopic (exact) mass is 252 g/mol. The number of carbonyl (C=O) groups excluding carboxylic acids is 2. The molecule has 4 fully saturated rings. The lowest BCUT2D eigenvalue weighted by molar-refractivity contribution is -0.190. The van der Waals surface area contributed by atoms with Crippen LogP contribution in [0.4, 0.5) is 0 Å². The molecule has 4 aliphatic carbocycles. The van der Waals surface area contributed by atoms with Gasteiger partial charge in [-0.1, -0.05) is 0 Å². The molecule has 0 amide bonds. The Balaban J connectivity index is 1.97. The van der Waals surface area contributed by atoms with Gasteiger partial charge in [0.1, 0.15) is 0 Å². The van der Waals surface area contributed by atoms with Gasteiger partial charge in [-0.25, -0.2) is 0 Å². The van der Waals surface area contributed by atoms with E-state index in [-0.39, 0.29) is 11.9 Å². The van der Waals surface area contributed by atoms with E-state index in [4.69, 9.17) is 9.47 Å². The number of hydrogen-bond donors (Lipinski definition) is 0. The predicted molar refractivity (Wildman–Crippen MR) is 63.6 cm³/mol. The third-order valence-corrected chi connectivity index (χ3v) is 5.30. The summed E-state index contributed by atoms with van der Waals surface area (Å²) in [6, 6.07) is 0. The van der Waals surface area contributed by atoms with Gasteiger partial charge in [0.25, 0.3) is 0 Å². The van der Waals surface area contributed by atoms with E-state index in [2.05, 4.69) is 0 Å². The Morgan fingerprint density at radius 2 is 1.28 bits per heavy atom. The molecule has 100 valence electrons. The van der Waals surface area contributed by atoms with Gasteiger partial charge in [0.15, 0.2) is 0 Å². The average molecular weight is 252 g/mol. The van der Waals surface area contributed by atoms with Crippen LogP contribution in [-0.4, -0.2) is 26.2 Å². The van der Waals surface area contributed by atoms with Crippen molar-refractivity contribution in [2.24, 2.45) is 22.7 Å². The quantitative estimate of drug-likeness (QED) is 0.704. The first-order valence-electron chi connectivity index (χ1n) is 6.70. The van der Waals surface area contributed by atoms with E-state index in [0.29, 0.717) is 18.3 Å². The Labute approximate surface area is 107 Å². The molecule has 4 aliphatic rings. The number of esters is 2. The summed E-state index contributed by atoms with van der Waals surface area (Å²) < 4.78 is 10.0. The van der Waals surface area contributed by atoms with Crippen molar-refractivity contribution in [1.29, 1.82) is 0 Å². The topological polar surface area (TPSA) is 52.6 Å². The van der Waals surface area contributed by atoms with Gasteiger partial charge in [0, 0.05) is 0 Å². The van der Waals surface area contributed by atoms with Crippen LogP contribution in [0.15, 0.2) is 0 Å². The highest BCUT2D eigenvalue weighted by molar-refractivity contribution is 5.82. The van der Waals surface area contributed by atoms with E-state index in [0.717, 1.165) is 32.1 Å². The van der Waals surface area contributed by atoms with Crippen molar-refractivity contribution in [2.75, 3.05) is 14.2 Å². The Bertz CT molecular complexity index is 353. The average Bonchev–Trinajstić information content (AvgIpc) is 2.35. The standard InChI is InChI=1S/C14H20O4/c1-17-11(15)13-4-9-3-10(5-13)7-14(6-9,8-13)12(16)18-2/h9-10H,3-8H2,1-2H3. The lowest BCUT2D eigenvalue weighted by Crippen LogP contribution is -2.58. The fourth-order valence-electron chi connectivity index (χ4n) is 5.17. The van der Waals surface area contributed by atoms with Crippen molar-refractivity contribution < 1.29 is 19.1 Å². The minimum Gasteiger partial charge on any atom is -0.469 e. The zero-order valence-electron chi connectivity index (χ0n) is 11.0. The van der Waals surface area contributed by atoms with Gasteiger partial charge in [0.2, 0.25) is 0 Å². The molecular weight excluding hydrogens is 232 g/mol. The molecule has 4 rings (SSSR count). The maximum absolute atomic E-state index is 12.1. The molecule has 0 heterocycles. The number of ether oxygens (including phenoxy) is 2. The minimum absolute atomic E-state index is 0.120. The van der Waals surface area contributed by atoms with Gasteiger partial charge in [-0.3, -0.25) is 9.59 Å². The first kappa shape index (κ1) is 12.0. The van der Waals surface area contributed by atoms with E-state index in [1.165, 1.54) is 14.2 Å². The van der Waals surface area contributed by atoms with Crippen LogP contribution >= 0.6 is 0 Å². The normalized spacial score (nSPS) is 44.8. The Morgan fingerprint density at radius 1 is 0.889 bits per heavy atom. The lowest BCUT2D eigenvalue weighted by Gasteiger charge is -2.59. The SMILES string of the molecule is COC(=O)C12CC3CC(C1)CC(C(=O)OC)(C3)C2. The molecule has 4 bridgehead atoms. The molecule has 4 heteroatoms. The minimum atomic E-state index is -0.410. The number of methoxy groups -OCH3 is 2. The molecule has 0 N–H and O–H groups in total. The molecule has 0 aromatic heterocycles. The number of hydrogen-bond acceptors (Lipinski definition) is 4. The van der Waals surface area contributed by atoms with Crippen LogP contribution < -0.4 is 0 Å². The van der Waals surface area contributed by atoms with E-state index < -0.39 is 10.8 Å². The van der Waals surface area contributed by atoms with Crippen molar-refractivity contribution in [3.8, 4) is 0 Å². The van der Waals surface area contributed by atoms with Crippen LogP contribution in [0.1, 0.15) is 38.5 Å². The first-order valence-corrected chi connectivity index (χ1v) is 6.70. The van der Waals surface area contributed by atoms with Gasteiger partial charge in [-0.15, -0.1) is 0 Å². The third-order valence-electron chi connectivity index (χ3n) is 5.30. The summed E-state index contributed by atoms with van der Waals surface area (Å²) in [5.41, 5.74) is -0.819. The highest BCUT2D eigenvalue weighted by atomic mass is 16.5. The molecule has 0 saturated heterocycles. The maximum atomic E-state index is 12.1. The molecule has 18 heavy (non-hydrogen) atoms. The van der Waals surface area contributed by atoms with Gasteiger partial charge in [0.05, 0.1) is 25.0 Å². The summed E-state index contributed by atoms with van der Waals surface area (Å²) in [7, 11) is 2.90. The second-order valence-electron chi connectivity index (χ2n) is 6.50. The highest BCUT2D eigenvalue weighted by Gasteiger charge is 2.64. The molecule has 0 aromatic rings. The van der Waals surface area contributed by atoms with Crippen molar-refractivity contribution in [2.45, 2.75) is 38.5 Å². The predicted octanol–water partition coefficient (Wildman–Crippen LogP) is 1.92. The highest BCUT2D eigenvalue weighted by Crippen LogP contribution is 2.65.